The van der Waals surface area contributed by atoms with Crippen molar-refractivity contribution in [2.45, 2.75) is 56.3 Å². The molecule has 2 unspecified atom stereocenters. The third kappa shape index (κ3) is 4.06. The Balaban J connectivity index is 1.42. The number of phenols is 1. The van der Waals surface area contributed by atoms with Crippen LogP contribution in [0.25, 0.3) is 22.2 Å². The van der Waals surface area contributed by atoms with E-state index >= 15 is 0 Å². The minimum atomic E-state index is -4.58. The molecular formula is C22H22F4N6O2. The smallest absolute Gasteiger partial charge is 0.406 e. The number of aromatic hydroxyl groups is 1. The molecule has 2 aliphatic heterocycles. The lowest BCUT2D eigenvalue weighted by molar-refractivity contribution is -0.141. The average molecular weight is 478 g/mol. The van der Waals surface area contributed by atoms with Crippen molar-refractivity contribution in [1.82, 2.24) is 25.1 Å². The van der Waals surface area contributed by atoms with E-state index in [1.807, 2.05) is 0 Å². The van der Waals surface area contributed by atoms with Gasteiger partial charge in [0.25, 0.3) is 5.56 Å². The van der Waals surface area contributed by atoms with Crippen LogP contribution >= 0.6 is 0 Å². The summed E-state index contributed by atoms with van der Waals surface area (Å²) in [5, 5.41) is 22.0. The number of alkyl halides is 4. The van der Waals surface area contributed by atoms with Gasteiger partial charge in [-0.15, -0.1) is 10.2 Å². The first-order chi connectivity index (χ1) is 16.1. The van der Waals surface area contributed by atoms with Crippen molar-refractivity contribution in [2.75, 3.05) is 11.9 Å². The lowest BCUT2D eigenvalue weighted by atomic mass is 9.96. The van der Waals surface area contributed by atoms with Gasteiger partial charge in [-0.25, -0.2) is 9.37 Å². The first kappa shape index (κ1) is 22.5. The maximum absolute atomic E-state index is 14.9. The van der Waals surface area contributed by atoms with E-state index in [0.717, 1.165) is 25.2 Å². The molecule has 2 aliphatic rings. The highest BCUT2D eigenvalue weighted by Gasteiger charge is 2.43. The molecule has 0 spiro atoms. The van der Waals surface area contributed by atoms with Crippen LogP contribution < -0.4 is 15.8 Å². The van der Waals surface area contributed by atoms with Gasteiger partial charge in [-0.3, -0.25) is 9.36 Å². The van der Waals surface area contributed by atoms with Crippen molar-refractivity contribution < 1.29 is 22.7 Å². The van der Waals surface area contributed by atoms with E-state index in [4.69, 9.17) is 0 Å². The monoisotopic (exact) mass is 478 g/mol. The van der Waals surface area contributed by atoms with Crippen LogP contribution in [0, 0.1) is 0 Å². The van der Waals surface area contributed by atoms with Crippen molar-refractivity contribution >= 4 is 16.7 Å². The van der Waals surface area contributed by atoms with E-state index in [9.17, 15) is 27.5 Å². The molecule has 12 heteroatoms. The van der Waals surface area contributed by atoms with Crippen molar-refractivity contribution in [1.29, 1.82) is 0 Å². The van der Waals surface area contributed by atoms with Crippen LogP contribution in [-0.4, -0.2) is 62.4 Å². The molecule has 4 heterocycles. The van der Waals surface area contributed by atoms with Crippen LogP contribution in [0.3, 0.4) is 0 Å². The van der Waals surface area contributed by atoms with E-state index in [0.29, 0.717) is 22.8 Å². The minimum absolute atomic E-state index is 0.115. The van der Waals surface area contributed by atoms with Crippen LogP contribution in [0.1, 0.15) is 19.3 Å². The lowest BCUT2D eigenvalue weighted by Gasteiger charge is -2.38. The highest BCUT2D eigenvalue weighted by molar-refractivity contribution is 5.86. The molecular weight excluding hydrogens is 456 g/mol. The standard InChI is InChI=1S/C22H22F4N6O2/c1-31(17-6-11-2-3-15(28-11)20(17)23)19-5-4-14(29-30-19)12-7-16-13(8-18(12)33)21(34)32(10-27-16)9-22(24,25)26/h4-5,7-8,10-11,15,17,20,28,33H,2-3,6,9H2,1H3/t11?,15?,17-,20+/m0/s1. The topological polar surface area (TPSA) is 96.2 Å². The van der Waals surface area contributed by atoms with E-state index in [2.05, 4.69) is 20.5 Å². The van der Waals surface area contributed by atoms with Crippen LogP contribution in [-0.2, 0) is 6.54 Å². The summed E-state index contributed by atoms with van der Waals surface area (Å²) in [4.78, 5) is 18.1. The van der Waals surface area contributed by atoms with E-state index in [1.165, 1.54) is 6.07 Å². The largest absolute Gasteiger partial charge is 0.507 e. The number of phenolic OH excluding ortho intramolecular Hbond substituents is 1. The second-order valence-corrected chi connectivity index (χ2v) is 8.86. The summed E-state index contributed by atoms with van der Waals surface area (Å²) in [5.74, 6) is 0.136. The molecule has 3 aromatic rings. The molecule has 0 aliphatic carbocycles. The molecule has 8 nitrogen and oxygen atoms in total. The Morgan fingerprint density at radius 1 is 1.24 bits per heavy atom. The predicted octanol–water partition coefficient (Wildman–Crippen LogP) is 2.79. The molecule has 0 saturated carbocycles. The Bertz CT molecular complexity index is 1280. The maximum Gasteiger partial charge on any atom is 0.406 e. The van der Waals surface area contributed by atoms with Gasteiger partial charge in [-0.2, -0.15) is 13.2 Å². The first-order valence-electron chi connectivity index (χ1n) is 10.9. The molecule has 34 heavy (non-hydrogen) atoms. The number of benzene rings is 1. The third-order valence-electron chi connectivity index (χ3n) is 6.63. The fraction of sp³-hybridized carbons (Fsp3) is 0.455. The van der Waals surface area contributed by atoms with Crippen LogP contribution in [0.4, 0.5) is 23.4 Å². The highest BCUT2D eigenvalue weighted by atomic mass is 19.4. The first-order valence-corrected chi connectivity index (χ1v) is 10.9. The molecule has 1 aromatic carbocycles. The molecule has 0 radical (unpaired) electrons. The van der Waals surface area contributed by atoms with Crippen LogP contribution in [0.5, 0.6) is 5.75 Å². The van der Waals surface area contributed by atoms with Gasteiger partial charge >= 0.3 is 6.18 Å². The SMILES string of the molecule is CN(c1ccc(-c2cc3ncn(CC(F)(F)F)c(=O)c3cc2O)nn1)[C@H]1CC2CCC(N2)[C@H]1F. The summed E-state index contributed by atoms with van der Waals surface area (Å²) >= 11 is 0. The summed E-state index contributed by atoms with van der Waals surface area (Å²) in [6, 6.07) is 5.54. The third-order valence-corrected chi connectivity index (χ3v) is 6.63. The molecule has 2 N–H and O–H groups in total. The van der Waals surface area contributed by atoms with Crippen molar-refractivity contribution in [2.24, 2.45) is 0 Å². The molecule has 2 fully saturated rings. The summed E-state index contributed by atoms with van der Waals surface area (Å²) in [6.07, 6.45) is -2.35. The number of nitrogens with zero attached hydrogens (tertiary/aromatic N) is 5. The summed E-state index contributed by atoms with van der Waals surface area (Å²) in [6.45, 7) is -1.48. The quantitative estimate of drug-likeness (QED) is 0.557. The molecule has 2 bridgehead atoms. The summed E-state index contributed by atoms with van der Waals surface area (Å²) in [5.41, 5.74) is -0.299. The Labute approximate surface area is 191 Å². The normalized spacial score (nSPS) is 24.5. The zero-order valence-corrected chi connectivity index (χ0v) is 18.1. The summed E-state index contributed by atoms with van der Waals surface area (Å²) in [7, 11) is 1.77. The van der Waals surface area contributed by atoms with E-state index in [1.54, 1.807) is 24.1 Å². The molecule has 2 aromatic heterocycles. The Kier molecular flexibility index (Phi) is 5.42. The fourth-order valence-corrected chi connectivity index (χ4v) is 4.88. The zero-order chi connectivity index (χ0) is 24.2. The van der Waals surface area contributed by atoms with Gasteiger partial charge in [-0.05, 0) is 43.5 Å². The lowest BCUT2D eigenvalue weighted by Crippen LogP contribution is -2.55. The molecule has 2 saturated heterocycles. The number of hydrogen-bond donors (Lipinski definition) is 2. The van der Waals surface area contributed by atoms with Gasteiger partial charge in [0.15, 0.2) is 5.82 Å². The number of rotatable bonds is 4. The number of halogens is 4. The maximum atomic E-state index is 14.9. The van der Waals surface area contributed by atoms with Gasteiger partial charge in [0.05, 0.1) is 29.0 Å². The number of nitrogens with one attached hydrogen (secondary N) is 1. The number of aromatic nitrogens is 4. The number of hydrogen-bond acceptors (Lipinski definition) is 7. The molecule has 4 atom stereocenters. The predicted molar refractivity (Wildman–Crippen MR) is 116 cm³/mol. The zero-order valence-electron chi connectivity index (χ0n) is 18.1. The number of fused-ring (bicyclic) bond motifs is 3. The van der Waals surface area contributed by atoms with Gasteiger partial charge in [0.1, 0.15) is 18.5 Å². The highest BCUT2D eigenvalue weighted by Crippen LogP contribution is 2.34. The molecule has 0 amide bonds. The van der Waals surface area contributed by atoms with Crippen molar-refractivity contribution in [3.8, 4) is 17.0 Å². The van der Waals surface area contributed by atoms with Gasteiger partial charge in [-0.1, -0.05) is 0 Å². The number of anilines is 1. The van der Waals surface area contributed by atoms with Crippen LogP contribution in [0.2, 0.25) is 0 Å². The van der Waals surface area contributed by atoms with Gasteiger partial charge in [0, 0.05) is 24.7 Å². The average Bonchev–Trinajstić information content (AvgIpc) is 3.20. The van der Waals surface area contributed by atoms with Crippen molar-refractivity contribution in [3.05, 3.63) is 40.9 Å². The Morgan fingerprint density at radius 3 is 2.74 bits per heavy atom. The number of piperidine rings is 1. The van der Waals surface area contributed by atoms with E-state index in [-0.39, 0.29) is 40.0 Å². The van der Waals surface area contributed by atoms with Crippen LogP contribution in [0.15, 0.2) is 35.4 Å². The molecule has 5 rings (SSSR count). The second-order valence-electron chi connectivity index (χ2n) is 8.86. The second kappa shape index (κ2) is 8.19. The Hall–Kier alpha value is -3.28. The molecule has 180 valence electrons. The minimum Gasteiger partial charge on any atom is -0.507 e. The summed E-state index contributed by atoms with van der Waals surface area (Å²) < 4.78 is 53.4. The van der Waals surface area contributed by atoms with E-state index < -0.39 is 24.5 Å². The van der Waals surface area contributed by atoms with Gasteiger partial charge < -0.3 is 15.3 Å². The van der Waals surface area contributed by atoms with Crippen molar-refractivity contribution in [3.63, 3.8) is 0 Å². The van der Waals surface area contributed by atoms with Gasteiger partial charge in [0.2, 0.25) is 0 Å². The fourth-order valence-electron chi connectivity index (χ4n) is 4.88. The Morgan fingerprint density at radius 2 is 2.03 bits per heavy atom.